The van der Waals surface area contributed by atoms with Crippen molar-refractivity contribution in [1.29, 1.82) is 0 Å². The van der Waals surface area contributed by atoms with E-state index >= 15 is 0 Å². The molecule has 0 atom stereocenters. The maximum absolute atomic E-state index is 6.33. The fourth-order valence-corrected chi connectivity index (χ4v) is 10.2. The van der Waals surface area contributed by atoms with Crippen LogP contribution in [0.4, 0.5) is 17.1 Å². The number of furan rings is 1. The highest BCUT2D eigenvalue weighted by Gasteiger charge is 2.18. The van der Waals surface area contributed by atoms with E-state index in [9.17, 15) is 0 Å². The first kappa shape index (κ1) is 37.8. The highest BCUT2D eigenvalue weighted by molar-refractivity contribution is 6.14. The Bertz CT molecular complexity index is 3990. The molecule has 0 aliphatic heterocycles. The molecule has 13 rings (SSSR count). The van der Waals surface area contributed by atoms with Gasteiger partial charge < -0.3 is 9.32 Å². The summed E-state index contributed by atoms with van der Waals surface area (Å²) < 4.78 is 6.33. The van der Waals surface area contributed by atoms with Gasteiger partial charge in [-0.25, -0.2) is 0 Å². The van der Waals surface area contributed by atoms with Gasteiger partial charge >= 0.3 is 0 Å². The maximum Gasteiger partial charge on any atom is 0.136 e. The summed E-state index contributed by atoms with van der Waals surface area (Å²) in [5, 5.41) is 12.4. The van der Waals surface area contributed by atoms with E-state index in [1.54, 1.807) is 0 Å². The van der Waals surface area contributed by atoms with Gasteiger partial charge in [0, 0.05) is 27.8 Å². The lowest BCUT2D eigenvalue weighted by Gasteiger charge is -2.27. The van der Waals surface area contributed by atoms with Gasteiger partial charge in [-0.05, 0) is 142 Å². The summed E-state index contributed by atoms with van der Waals surface area (Å²) in [5.41, 5.74) is 14.4. The van der Waals surface area contributed by atoms with Crippen molar-refractivity contribution in [2.45, 2.75) is 0 Å². The van der Waals surface area contributed by atoms with Crippen LogP contribution >= 0.6 is 0 Å². The SMILES string of the molecule is c1cc(-c2ccc(-c3cccc4c3ccc3ccccc34)cc2)cc(N(c2ccc(-c3ccc4c(ccc5ccccc54)c3)cc2)c2cccc(-c3cccc4oc5ccccc5c34)c2)c1. The van der Waals surface area contributed by atoms with Crippen LogP contribution in [0.2, 0.25) is 0 Å². The van der Waals surface area contributed by atoms with Gasteiger partial charge in [0.25, 0.3) is 0 Å². The fraction of sp³-hybridized carbons (Fsp3) is 0. The molecule has 0 amide bonds. The van der Waals surface area contributed by atoms with E-state index in [0.29, 0.717) is 0 Å². The summed E-state index contributed by atoms with van der Waals surface area (Å²) in [4.78, 5) is 2.38. The third-order valence-electron chi connectivity index (χ3n) is 13.4. The van der Waals surface area contributed by atoms with Gasteiger partial charge in [0.15, 0.2) is 0 Å². The molecule has 0 unspecified atom stereocenters. The Labute approximate surface area is 382 Å². The molecule has 12 aromatic carbocycles. The third-order valence-corrected chi connectivity index (χ3v) is 13.4. The normalized spacial score (nSPS) is 11.6. The van der Waals surface area contributed by atoms with Gasteiger partial charge in [0.05, 0.1) is 0 Å². The Morgan fingerprint density at radius 3 is 1.53 bits per heavy atom. The number of hydrogen-bond acceptors (Lipinski definition) is 2. The van der Waals surface area contributed by atoms with Gasteiger partial charge in [-0.1, -0.05) is 194 Å². The molecule has 0 spiro atoms. The van der Waals surface area contributed by atoms with Gasteiger partial charge in [-0.2, -0.15) is 0 Å². The average Bonchev–Trinajstić information content (AvgIpc) is 3.78. The molecule has 13 aromatic rings. The average molecular weight is 840 g/mol. The van der Waals surface area contributed by atoms with Crippen molar-refractivity contribution >= 4 is 82.1 Å². The van der Waals surface area contributed by atoms with Crippen LogP contribution in [0.5, 0.6) is 0 Å². The molecule has 0 aliphatic carbocycles. The second kappa shape index (κ2) is 15.5. The largest absolute Gasteiger partial charge is 0.456 e. The predicted octanol–water partition coefficient (Wildman–Crippen LogP) is 18.3. The number of anilines is 3. The fourth-order valence-electron chi connectivity index (χ4n) is 10.2. The van der Waals surface area contributed by atoms with Crippen molar-refractivity contribution in [2.24, 2.45) is 0 Å². The highest BCUT2D eigenvalue weighted by Crippen LogP contribution is 2.43. The molecule has 2 nitrogen and oxygen atoms in total. The molecule has 0 N–H and O–H groups in total. The number of rotatable bonds is 7. The lowest BCUT2D eigenvalue weighted by atomic mass is 9.93. The van der Waals surface area contributed by atoms with Crippen LogP contribution in [0.1, 0.15) is 0 Å². The first-order valence-electron chi connectivity index (χ1n) is 22.6. The monoisotopic (exact) mass is 839 g/mol. The van der Waals surface area contributed by atoms with E-state index in [2.05, 4.69) is 241 Å². The number of fused-ring (bicyclic) bond motifs is 9. The minimum atomic E-state index is 0.890. The van der Waals surface area contributed by atoms with Crippen molar-refractivity contribution in [2.75, 3.05) is 4.90 Å². The van der Waals surface area contributed by atoms with Gasteiger partial charge in [0.1, 0.15) is 11.2 Å². The Hall–Kier alpha value is -8.72. The molecule has 0 fully saturated rings. The lowest BCUT2D eigenvalue weighted by Crippen LogP contribution is -2.10. The maximum atomic E-state index is 6.33. The molecule has 1 aromatic heterocycles. The predicted molar refractivity (Wildman–Crippen MR) is 280 cm³/mol. The minimum absolute atomic E-state index is 0.890. The zero-order valence-electron chi connectivity index (χ0n) is 36.0. The van der Waals surface area contributed by atoms with Crippen LogP contribution in [-0.4, -0.2) is 0 Å². The zero-order valence-corrected chi connectivity index (χ0v) is 36.0. The Morgan fingerprint density at radius 1 is 0.242 bits per heavy atom. The van der Waals surface area contributed by atoms with Crippen LogP contribution in [0, 0.1) is 0 Å². The molecule has 0 saturated heterocycles. The van der Waals surface area contributed by atoms with Crippen LogP contribution in [0.25, 0.3) is 110 Å². The summed E-state index contributed by atoms with van der Waals surface area (Å²) in [7, 11) is 0. The summed E-state index contributed by atoms with van der Waals surface area (Å²) in [5.74, 6) is 0. The number of benzene rings is 12. The van der Waals surface area contributed by atoms with E-state index in [4.69, 9.17) is 4.42 Å². The molecule has 0 saturated carbocycles. The van der Waals surface area contributed by atoms with E-state index in [1.165, 1.54) is 65.3 Å². The standard InChI is InChI=1S/C64H41NO/c1-3-17-54-44(11-1)29-30-50-39-48(34-37-57(50)54)43-31-35-51(36-32-43)65(53-16-8-14-49(41-53)58-21-10-24-63-64(58)61-19-5-6-23-62(61)66-63)52-15-7-13-47(40-52)42-25-27-46(28-26-42)56-20-9-22-59-55-18-4-2-12-45(55)33-38-60(56)59/h1-41H. The second-order valence-corrected chi connectivity index (χ2v) is 17.2. The van der Waals surface area contributed by atoms with Crippen LogP contribution in [0.15, 0.2) is 253 Å². The lowest BCUT2D eigenvalue weighted by molar-refractivity contribution is 0.669. The summed E-state index contributed by atoms with van der Waals surface area (Å²) in [6, 6.07) is 90.3. The first-order chi connectivity index (χ1) is 32.7. The van der Waals surface area contributed by atoms with Crippen molar-refractivity contribution < 1.29 is 4.42 Å². The second-order valence-electron chi connectivity index (χ2n) is 17.2. The highest BCUT2D eigenvalue weighted by atomic mass is 16.3. The Balaban J connectivity index is 0.902. The molecule has 0 radical (unpaired) electrons. The smallest absolute Gasteiger partial charge is 0.136 e. The molecule has 0 aliphatic rings. The quantitative estimate of drug-likeness (QED) is 0.149. The van der Waals surface area contributed by atoms with Gasteiger partial charge in [-0.15, -0.1) is 0 Å². The van der Waals surface area contributed by atoms with Crippen molar-refractivity contribution in [3.8, 4) is 44.5 Å². The molecular formula is C64H41NO. The zero-order chi connectivity index (χ0) is 43.6. The molecule has 2 heteroatoms. The van der Waals surface area contributed by atoms with Crippen molar-refractivity contribution in [1.82, 2.24) is 0 Å². The van der Waals surface area contributed by atoms with Crippen molar-refractivity contribution in [3.63, 3.8) is 0 Å². The van der Waals surface area contributed by atoms with Gasteiger partial charge in [-0.3, -0.25) is 0 Å². The number of para-hydroxylation sites is 1. The Kier molecular flexibility index (Phi) is 8.89. The summed E-state index contributed by atoms with van der Waals surface area (Å²) in [6.45, 7) is 0. The number of nitrogens with zero attached hydrogens (tertiary/aromatic N) is 1. The van der Waals surface area contributed by atoms with Crippen LogP contribution in [0.3, 0.4) is 0 Å². The van der Waals surface area contributed by atoms with E-state index < -0.39 is 0 Å². The van der Waals surface area contributed by atoms with Crippen molar-refractivity contribution in [3.05, 3.63) is 249 Å². The summed E-state index contributed by atoms with van der Waals surface area (Å²) in [6.07, 6.45) is 0. The first-order valence-corrected chi connectivity index (χ1v) is 22.6. The van der Waals surface area contributed by atoms with E-state index in [0.717, 1.165) is 61.3 Å². The van der Waals surface area contributed by atoms with Gasteiger partial charge in [0.2, 0.25) is 0 Å². The molecule has 0 bridgehead atoms. The van der Waals surface area contributed by atoms with E-state index in [1.807, 2.05) is 12.1 Å². The Morgan fingerprint density at radius 2 is 0.742 bits per heavy atom. The third kappa shape index (κ3) is 6.42. The summed E-state index contributed by atoms with van der Waals surface area (Å²) >= 11 is 0. The molecule has 66 heavy (non-hydrogen) atoms. The van der Waals surface area contributed by atoms with Crippen LogP contribution in [-0.2, 0) is 0 Å². The number of hydrogen-bond donors (Lipinski definition) is 0. The molecular weight excluding hydrogens is 799 g/mol. The molecule has 1 heterocycles. The topological polar surface area (TPSA) is 16.4 Å². The van der Waals surface area contributed by atoms with Crippen LogP contribution < -0.4 is 4.90 Å². The van der Waals surface area contributed by atoms with E-state index in [-0.39, 0.29) is 0 Å². The minimum Gasteiger partial charge on any atom is -0.456 e. The molecule has 308 valence electrons.